The van der Waals surface area contributed by atoms with E-state index in [-0.39, 0.29) is 24.2 Å². The fourth-order valence-electron chi connectivity index (χ4n) is 3.31. The maximum Gasteiger partial charge on any atom is 0.410 e. The standard InChI is InChI=1S/C22H27NO6S/c1-3-27-22(24)23-14-20(28-15-18-7-5-4-6-8-18)13-19(23)16-29-30(25,26)21-11-9-17(2)10-12-21/h4-12,19-20H,3,13-16H2,1-2H3/t19-,20+/m0/s1. The van der Waals surface area contributed by atoms with Crippen molar-refractivity contribution in [2.45, 2.75) is 43.9 Å². The molecule has 1 heterocycles. The summed E-state index contributed by atoms with van der Waals surface area (Å²) in [7, 11) is -3.92. The highest BCUT2D eigenvalue weighted by Gasteiger charge is 2.38. The quantitative estimate of drug-likeness (QED) is 0.593. The Balaban J connectivity index is 1.64. The summed E-state index contributed by atoms with van der Waals surface area (Å²) in [6, 6.07) is 15.7. The van der Waals surface area contributed by atoms with Crippen molar-refractivity contribution in [2.75, 3.05) is 19.8 Å². The fourth-order valence-corrected chi connectivity index (χ4v) is 4.25. The summed E-state index contributed by atoms with van der Waals surface area (Å²) in [6.45, 7) is 4.43. The number of rotatable bonds is 8. The van der Waals surface area contributed by atoms with E-state index in [1.54, 1.807) is 19.1 Å². The Morgan fingerprint density at radius 3 is 2.47 bits per heavy atom. The number of amides is 1. The van der Waals surface area contributed by atoms with Crippen molar-refractivity contribution in [3.8, 4) is 0 Å². The van der Waals surface area contributed by atoms with Crippen LogP contribution in [0.1, 0.15) is 24.5 Å². The van der Waals surface area contributed by atoms with Crippen molar-refractivity contribution in [1.82, 2.24) is 4.90 Å². The van der Waals surface area contributed by atoms with Gasteiger partial charge in [0, 0.05) is 0 Å². The Labute approximate surface area is 177 Å². The molecule has 0 unspecified atom stereocenters. The molecular formula is C22H27NO6S. The van der Waals surface area contributed by atoms with Crippen molar-refractivity contribution in [3.05, 3.63) is 65.7 Å². The summed E-state index contributed by atoms with van der Waals surface area (Å²) in [5.41, 5.74) is 1.98. The van der Waals surface area contributed by atoms with Gasteiger partial charge in [-0.05, 0) is 38.0 Å². The molecule has 0 spiro atoms. The van der Waals surface area contributed by atoms with Gasteiger partial charge in [0.2, 0.25) is 0 Å². The van der Waals surface area contributed by atoms with Gasteiger partial charge in [-0.2, -0.15) is 8.42 Å². The molecule has 2 aromatic carbocycles. The topological polar surface area (TPSA) is 82.1 Å². The smallest absolute Gasteiger partial charge is 0.410 e. The predicted octanol–water partition coefficient (Wildman–Crippen LogP) is 3.52. The summed E-state index contributed by atoms with van der Waals surface area (Å²) >= 11 is 0. The van der Waals surface area contributed by atoms with Gasteiger partial charge < -0.3 is 14.4 Å². The van der Waals surface area contributed by atoms with E-state index in [4.69, 9.17) is 13.7 Å². The molecule has 1 aliphatic heterocycles. The molecule has 3 rings (SSSR count). The van der Waals surface area contributed by atoms with Gasteiger partial charge in [0.25, 0.3) is 10.1 Å². The zero-order chi connectivity index (χ0) is 21.6. The molecule has 8 heteroatoms. The number of carbonyl (C=O) groups is 1. The van der Waals surface area contributed by atoms with Gasteiger partial charge >= 0.3 is 6.09 Å². The molecule has 1 amide bonds. The first kappa shape index (κ1) is 22.3. The molecule has 1 aliphatic rings. The van der Waals surface area contributed by atoms with E-state index in [1.165, 1.54) is 17.0 Å². The molecule has 0 N–H and O–H groups in total. The lowest BCUT2D eigenvalue weighted by Gasteiger charge is -2.23. The van der Waals surface area contributed by atoms with Crippen LogP contribution in [0.5, 0.6) is 0 Å². The Morgan fingerprint density at radius 2 is 1.80 bits per heavy atom. The van der Waals surface area contributed by atoms with Crippen LogP contribution in [0.15, 0.2) is 59.5 Å². The highest BCUT2D eigenvalue weighted by Crippen LogP contribution is 2.24. The van der Waals surface area contributed by atoms with E-state index in [1.807, 2.05) is 37.3 Å². The summed E-state index contributed by atoms with van der Waals surface area (Å²) in [6.07, 6.45) is -0.260. The van der Waals surface area contributed by atoms with Crippen LogP contribution < -0.4 is 0 Å². The number of ether oxygens (including phenoxy) is 2. The summed E-state index contributed by atoms with van der Waals surface area (Å²) in [4.78, 5) is 13.9. The lowest BCUT2D eigenvalue weighted by atomic mass is 10.2. The molecule has 162 valence electrons. The molecule has 7 nitrogen and oxygen atoms in total. The van der Waals surface area contributed by atoms with E-state index in [2.05, 4.69) is 0 Å². The van der Waals surface area contributed by atoms with Crippen LogP contribution in [-0.2, 0) is 30.4 Å². The Bertz CT molecular complexity index is 930. The van der Waals surface area contributed by atoms with Crippen LogP contribution in [0.3, 0.4) is 0 Å². The minimum atomic E-state index is -3.92. The Hall–Kier alpha value is -2.42. The van der Waals surface area contributed by atoms with Gasteiger partial charge in [-0.1, -0.05) is 48.0 Å². The van der Waals surface area contributed by atoms with Gasteiger partial charge in [-0.15, -0.1) is 0 Å². The molecule has 30 heavy (non-hydrogen) atoms. The number of benzene rings is 2. The molecule has 1 fully saturated rings. The molecule has 0 bridgehead atoms. The molecule has 0 saturated carbocycles. The monoisotopic (exact) mass is 433 g/mol. The van der Waals surface area contributed by atoms with E-state index < -0.39 is 22.3 Å². The molecule has 1 saturated heterocycles. The zero-order valence-electron chi connectivity index (χ0n) is 17.2. The highest BCUT2D eigenvalue weighted by atomic mass is 32.2. The van der Waals surface area contributed by atoms with E-state index in [0.29, 0.717) is 19.6 Å². The summed E-state index contributed by atoms with van der Waals surface area (Å²) in [5.74, 6) is 0. The minimum Gasteiger partial charge on any atom is -0.450 e. The average Bonchev–Trinajstić information content (AvgIpc) is 3.15. The third kappa shape index (κ3) is 5.81. The first-order valence-corrected chi connectivity index (χ1v) is 11.3. The van der Waals surface area contributed by atoms with Crippen LogP contribution in [0.2, 0.25) is 0 Å². The predicted molar refractivity (Wildman–Crippen MR) is 111 cm³/mol. The number of likely N-dealkylation sites (tertiary alicyclic amines) is 1. The van der Waals surface area contributed by atoms with Crippen LogP contribution in [0, 0.1) is 6.92 Å². The highest BCUT2D eigenvalue weighted by molar-refractivity contribution is 7.86. The first-order chi connectivity index (χ1) is 14.4. The third-order valence-electron chi connectivity index (χ3n) is 4.93. The number of carbonyl (C=O) groups excluding carboxylic acids is 1. The van der Waals surface area contributed by atoms with Crippen molar-refractivity contribution < 1.29 is 26.9 Å². The fraction of sp³-hybridized carbons (Fsp3) is 0.409. The van der Waals surface area contributed by atoms with Gasteiger partial charge in [0.15, 0.2) is 0 Å². The Kier molecular flexibility index (Phi) is 7.47. The number of hydrogen-bond donors (Lipinski definition) is 0. The van der Waals surface area contributed by atoms with Crippen LogP contribution in [0.4, 0.5) is 4.79 Å². The largest absolute Gasteiger partial charge is 0.450 e. The minimum absolute atomic E-state index is 0.0886. The third-order valence-corrected chi connectivity index (χ3v) is 6.23. The molecule has 2 atom stereocenters. The van der Waals surface area contributed by atoms with Gasteiger partial charge in [-0.3, -0.25) is 4.18 Å². The van der Waals surface area contributed by atoms with E-state index in [0.717, 1.165) is 11.1 Å². The number of nitrogens with zero attached hydrogens (tertiary/aromatic N) is 1. The van der Waals surface area contributed by atoms with Gasteiger partial charge in [0.1, 0.15) is 0 Å². The molecule has 0 radical (unpaired) electrons. The van der Waals surface area contributed by atoms with Crippen molar-refractivity contribution >= 4 is 16.2 Å². The second kappa shape index (κ2) is 10.1. The molecule has 2 aromatic rings. The summed E-state index contributed by atoms with van der Waals surface area (Å²) in [5, 5.41) is 0. The molecular weight excluding hydrogens is 406 g/mol. The second-order valence-electron chi connectivity index (χ2n) is 7.21. The maximum absolute atomic E-state index is 12.5. The summed E-state index contributed by atoms with van der Waals surface area (Å²) < 4.78 is 41.4. The van der Waals surface area contributed by atoms with Gasteiger partial charge in [-0.25, -0.2) is 4.79 Å². The SMILES string of the molecule is CCOC(=O)N1C[C@H](OCc2ccccc2)C[C@H]1COS(=O)(=O)c1ccc(C)cc1. The first-order valence-electron chi connectivity index (χ1n) is 9.94. The number of aryl methyl sites for hydroxylation is 1. The van der Waals surface area contributed by atoms with E-state index in [9.17, 15) is 13.2 Å². The normalized spacial score (nSPS) is 19.1. The van der Waals surface area contributed by atoms with Crippen molar-refractivity contribution in [2.24, 2.45) is 0 Å². The van der Waals surface area contributed by atoms with Crippen molar-refractivity contribution in [1.29, 1.82) is 0 Å². The zero-order valence-corrected chi connectivity index (χ0v) is 18.0. The maximum atomic E-state index is 12.5. The van der Waals surface area contributed by atoms with Crippen LogP contribution in [0.25, 0.3) is 0 Å². The average molecular weight is 434 g/mol. The number of hydrogen-bond acceptors (Lipinski definition) is 6. The lowest BCUT2D eigenvalue weighted by molar-refractivity contribution is 0.0442. The second-order valence-corrected chi connectivity index (χ2v) is 8.83. The van der Waals surface area contributed by atoms with Crippen molar-refractivity contribution in [3.63, 3.8) is 0 Å². The molecule has 0 aromatic heterocycles. The Morgan fingerprint density at radius 1 is 1.10 bits per heavy atom. The lowest BCUT2D eigenvalue weighted by Crippen LogP contribution is -2.39. The van der Waals surface area contributed by atoms with Crippen LogP contribution >= 0.6 is 0 Å². The van der Waals surface area contributed by atoms with Gasteiger partial charge in [0.05, 0.1) is 43.4 Å². The molecule has 0 aliphatic carbocycles. The van der Waals surface area contributed by atoms with E-state index >= 15 is 0 Å². The van der Waals surface area contributed by atoms with Crippen LogP contribution in [-0.4, -0.2) is 51.3 Å².